The Hall–Kier alpha value is -1.94. The maximum absolute atomic E-state index is 13.1. The Bertz CT molecular complexity index is 1380. The monoisotopic (exact) mass is 639 g/mol. The third-order valence-corrected chi connectivity index (χ3v) is 7.44. The minimum Gasteiger partial charge on any atom is -0.482 e. The van der Waals surface area contributed by atoms with Crippen LogP contribution < -0.4 is 10.1 Å². The minimum atomic E-state index is -0.530. The van der Waals surface area contributed by atoms with Crippen molar-refractivity contribution in [3.8, 4) is 5.75 Å². The number of ether oxygens (including phenoxy) is 1. The number of halogens is 7. The highest BCUT2D eigenvalue weighted by atomic mass is 79.9. The summed E-state index contributed by atoms with van der Waals surface area (Å²) in [5.74, 6) is -0.199. The molecule has 4 aromatic rings. The summed E-state index contributed by atoms with van der Waals surface area (Å²) >= 11 is 33.7. The number of hydrogen-bond acceptors (Lipinski definition) is 4. The SMILES string of the molecule is O=C(Nc1nn(Cc2ccc(F)cc2)cc1Br)c1ccc(COc2c(Cl)c(Cl)c(Cl)c(Cl)c2Cl)o1. The summed E-state index contributed by atoms with van der Waals surface area (Å²) < 4.78 is 26.4. The number of carbonyl (C=O) groups excluding carboxylic acids is 1. The Kier molecular flexibility index (Phi) is 8.20. The number of amides is 1. The van der Waals surface area contributed by atoms with Gasteiger partial charge in [0, 0.05) is 6.20 Å². The van der Waals surface area contributed by atoms with E-state index in [0.29, 0.717) is 16.8 Å². The van der Waals surface area contributed by atoms with E-state index in [4.69, 9.17) is 67.2 Å². The molecule has 13 heteroatoms. The normalized spacial score (nSPS) is 11.1. The summed E-state index contributed by atoms with van der Waals surface area (Å²) in [5.41, 5.74) is 0.846. The first-order valence-electron chi connectivity index (χ1n) is 9.65. The van der Waals surface area contributed by atoms with Gasteiger partial charge in [-0.1, -0.05) is 70.1 Å². The van der Waals surface area contributed by atoms with Crippen LogP contribution in [0.1, 0.15) is 21.9 Å². The quantitative estimate of drug-likeness (QED) is 0.162. The predicted molar refractivity (Wildman–Crippen MR) is 138 cm³/mol. The molecular weight excluding hydrogens is 630 g/mol. The predicted octanol–water partition coefficient (Wildman–Crippen LogP) is 8.52. The molecule has 0 bridgehead atoms. The van der Waals surface area contributed by atoms with Gasteiger partial charge in [0.1, 0.15) is 28.2 Å². The molecule has 0 unspecified atom stereocenters. The van der Waals surface area contributed by atoms with Gasteiger partial charge in [0.25, 0.3) is 5.91 Å². The molecule has 0 atom stereocenters. The molecule has 0 aliphatic heterocycles. The topological polar surface area (TPSA) is 69.3 Å². The van der Waals surface area contributed by atoms with Crippen LogP contribution in [-0.4, -0.2) is 15.7 Å². The minimum absolute atomic E-state index is 0.00156. The number of aromatic nitrogens is 2. The highest BCUT2D eigenvalue weighted by Crippen LogP contribution is 2.48. The molecule has 2 heterocycles. The van der Waals surface area contributed by atoms with Crippen molar-refractivity contribution in [3.05, 3.63) is 95.1 Å². The molecule has 0 spiro atoms. The molecule has 0 aliphatic carbocycles. The molecule has 35 heavy (non-hydrogen) atoms. The van der Waals surface area contributed by atoms with E-state index >= 15 is 0 Å². The van der Waals surface area contributed by atoms with Crippen LogP contribution >= 0.6 is 73.9 Å². The molecule has 2 aromatic heterocycles. The molecule has 1 amide bonds. The molecule has 0 fully saturated rings. The van der Waals surface area contributed by atoms with Crippen molar-refractivity contribution in [2.45, 2.75) is 13.2 Å². The van der Waals surface area contributed by atoms with E-state index in [0.717, 1.165) is 5.56 Å². The lowest BCUT2D eigenvalue weighted by atomic mass is 10.2. The smallest absolute Gasteiger partial charge is 0.292 e. The number of anilines is 1. The maximum Gasteiger partial charge on any atom is 0.292 e. The fraction of sp³-hybridized carbons (Fsp3) is 0.0909. The Balaban J connectivity index is 1.41. The zero-order valence-electron chi connectivity index (χ0n) is 17.2. The van der Waals surface area contributed by atoms with E-state index in [-0.39, 0.29) is 54.9 Å². The Morgan fingerprint density at radius 2 is 1.63 bits per heavy atom. The number of nitrogens with zero attached hydrogens (tertiary/aromatic N) is 2. The molecule has 1 N–H and O–H groups in total. The first-order valence-corrected chi connectivity index (χ1v) is 12.3. The summed E-state index contributed by atoms with van der Waals surface area (Å²) in [5, 5.41) is 7.01. The van der Waals surface area contributed by atoms with Crippen molar-refractivity contribution in [2.24, 2.45) is 0 Å². The number of furan rings is 1. The molecule has 182 valence electrons. The summed E-state index contributed by atoms with van der Waals surface area (Å²) in [4.78, 5) is 12.6. The Labute approximate surface area is 231 Å². The van der Waals surface area contributed by atoms with E-state index in [9.17, 15) is 9.18 Å². The highest BCUT2D eigenvalue weighted by Gasteiger charge is 2.21. The van der Waals surface area contributed by atoms with Gasteiger partial charge in [0.15, 0.2) is 17.3 Å². The van der Waals surface area contributed by atoms with E-state index in [1.54, 1.807) is 29.1 Å². The van der Waals surface area contributed by atoms with Crippen molar-refractivity contribution in [3.63, 3.8) is 0 Å². The fourth-order valence-electron chi connectivity index (χ4n) is 2.94. The van der Waals surface area contributed by atoms with Gasteiger partial charge in [-0.25, -0.2) is 4.39 Å². The second kappa shape index (κ2) is 11.0. The molecule has 4 rings (SSSR count). The number of benzene rings is 2. The van der Waals surface area contributed by atoms with Gasteiger partial charge in [0.05, 0.1) is 26.1 Å². The van der Waals surface area contributed by atoms with Gasteiger partial charge in [-0.2, -0.15) is 5.10 Å². The summed E-state index contributed by atoms with van der Waals surface area (Å²) in [6, 6.07) is 9.07. The van der Waals surface area contributed by atoms with Crippen LogP contribution in [0, 0.1) is 5.82 Å². The van der Waals surface area contributed by atoms with Crippen LogP contribution in [0.3, 0.4) is 0 Å². The molecule has 0 saturated carbocycles. The van der Waals surface area contributed by atoms with Gasteiger partial charge in [-0.3, -0.25) is 9.48 Å². The van der Waals surface area contributed by atoms with Crippen LogP contribution in [-0.2, 0) is 13.2 Å². The second-order valence-corrected chi connectivity index (χ2v) is 9.80. The lowest BCUT2D eigenvalue weighted by molar-refractivity contribution is 0.0992. The number of carbonyl (C=O) groups is 1. The Morgan fingerprint density at radius 3 is 2.29 bits per heavy atom. The third-order valence-electron chi connectivity index (χ3n) is 4.62. The highest BCUT2D eigenvalue weighted by molar-refractivity contribution is 9.10. The van der Waals surface area contributed by atoms with Crippen molar-refractivity contribution < 1.29 is 18.3 Å². The van der Waals surface area contributed by atoms with Gasteiger partial charge in [-0.05, 0) is 45.8 Å². The van der Waals surface area contributed by atoms with Gasteiger partial charge >= 0.3 is 0 Å². The average Bonchev–Trinajstić information content (AvgIpc) is 3.44. The van der Waals surface area contributed by atoms with E-state index < -0.39 is 5.91 Å². The first kappa shape index (κ1) is 26.1. The van der Waals surface area contributed by atoms with Crippen LogP contribution in [0.25, 0.3) is 0 Å². The molecule has 0 aliphatic rings. The molecule has 0 saturated heterocycles. The van der Waals surface area contributed by atoms with Gasteiger partial charge in [-0.15, -0.1) is 0 Å². The molecule has 6 nitrogen and oxygen atoms in total. The van der Waals surface area contributed by atoms with Gasteiger partial charge < -0.3 is 14.5 Å². The zero-order valence-corrected chi connectivity index (χ0v) is 22.6. The van der Waals surface area contributed by atoms with Crippen molar-refractivity contribution in [1.29, 1.82) is 0 Å². The second-order valence-electron chi connectivity index (χ2n) is 7.06. The average molecular weight is 643 g/mol. The molecular formula is C22H12BrCl5FN3O3. The number of rotatable bonds is 7. The first-order chi connectivity index (χ1) is 16.6. The van der Waals surface area contributed by atoms with Crippen LogP contribution in [0.5, 0.6) is 5.75 Å². The Morgan fingerprint density at radius 1 is 1.00 bits per heavy atom. The van der Waals surface area contributed by atoms with Crippen LogP contribution in [0.15, 0.2) is 51.5 Å². The van der Waals surface area contributed by atoms with E-state index in [2.05, 4.69) is 26.3 Å². The van der Waals surface area contributed by atoms with Crippen molar-refractivity contribution >= 4 is 85.7 Å². The standard InChI is InChI=1S/C22H12BrCl5FN3O3/c23-13-8-32(7-10-1-3-11(29)4-2-10)31-21(13)30-22(33)14-6-5-12(35-14)9-34-20-18(27)16(25)15(24)17(26)19(20)28/h1-6,8H,7,9H2,(H,30,31,33). The molecule has 0 radical (unpaired) electrons. The third kappa shape index (κ3) is 5.90. The van der Waals surface area contributed by atoms with E-state index in [1.165, 1.54) is 18.2 Å². The number of hydrogen-bond donors (Lipinski definition) is 1. The lowest BCUT2D eigenvalue weighted by Crippen LogP contribution is -2.12. The van der Waals surface area contributed by atoms with Crippen molar-refractivity contribution in [2.75, 3.05) is 5.32 Å². The largest absolute Gasteiger partial charge is 0.482 e. The summed E-state index contributed by atoms with van der Waals surface area (Å²) in [6.07, 6.45) is 1.69. The summed E-state index contributed by atoms with van der Waals surface area (Å²) in [6.45, 7) is 0.276. The number of nitrogens with one attached hydrogen (secondary N) is 1. The fourth-order valence-corrected chi connectivity index (χ4v) is 4.59. The van der Waals surface area contributed by atoms with Crippen LogP contribution in [0.4, 0.5) is 10.2 Å². The maximum atomic E-state index is 13.1. The van der Waals surface area contributed by atoms with E-state index in [1.807, 2.05) is 0 Å². The zero-order chi connectivity index (χ0) is 25.3. The van der Waals surface area contributed by atoms with Crippen molar-refractivity contribution in [1.82, 2.24) is 9.78 Å². The summed E-state index contributed by atoms with van der Waals surface area (Å²) in [7, 11) is 0. The van der Waals surface area contributed by atoms with Crippen LogP contribution in [0.2, 0.25) is 25.1 Å². The molecule has 2 aromatic carbocycles. The van der Waals surface area contributed by atoms with Gasteiger partial charge in [0.2, 0.25) is 0 Å². The lowest BCUT2D eigenvalue weighted by Gasteiger charge is -2.12.